The van der Waals surface area contributed by atoms with E-state index in [0.717, 1.165) is 22.7 Å². The monoisotopic (exact) mass is 417 g/mol. The molecule has 0 radical (unpaired) electrons. The van der Waals surface area contributed by atoms with Crippen LogP contribution in [-0.2, 0) is 23.2 Å². The van der Waals surface area contributed by atoms with Gasteiger partial charge in [0.05, 0.1) is 16.0 Å². The second-order valence-electron chi connectivity index (χ2n) is 6.68. The first-order chi connectivity index (χ1) is 13.3. The second kappa shape index (κ2) is 7.13. The number of anilines is 2. The zero-order valence-electron chi connectivity index (χ0n) is 15.3. The average Bonchev–Trinajstić information content (AvgIpc) is 3.03. The van der Waals surface area contributed by atoms with Gasteiger partial charge in [0.2, 0.25) is 16.0 Å². The quantitative estimate of drug-likeness (QED) is 0.656. The Labute approximate surface area is 167 Å². The summed E-state index contributed by atoms with van der Waals surface area (Å²) in [5.74, 6) is 0.979. The molecule has 146 valence electrons. The van der Waals surface area contributed by atoms with Gasteiger partial charge in [-0.05, 0) is 38.4 Å². The number of rotatable bonds is 5. The van der Waals surface area contributed by atoms with E-state index in [4.69, 9.17) is 9.88 Å². The molecular formula is C18H19N5O3S2. The molecule has 3 aromatic rings. The molecule has 1 aromatic carbocycles. The lowest BCUT2D eigenvalue weighted by atomic mass is 10.1. The Balaban J connectivity index is 1.66. The summed E-state index contributed by atoms with van der Waals surface area (Å²) in [4.78, 5) is 13.4. The predicted molar refractivity (Wildman–Crippen MR) is 108 cm³/mol. The normalized spacial score (nSPS) is 13.0. The average molecular weight is 418 g/mol. The van der Waals surface area contributed by atoms with E-state index < -0.39 is 10.0 Å². The minimum absolute atomic E-state index is 0.0206. The van der Waals surface area contributed by atoms with Crippen molar-refractivity contribution >= 4 is 33.0 Å². The molecule has 0 spiro atoms. The smallest absolute Gasteiger partial charge is 0.238 e. The van der Waals surface area contributed by atoms with Crippen LogP contribution in [0.1, 0.15) is 9.75 Å². The van der Waals surface area contributed by atoms with Crippen molar-refractivity contribution in [3.05, 3.63) is 46.3 Å². The number of benzene rings is 1. The molecule has 0 bridgehead atoms. The number of ether oxygens (including phenoxy) is 1. The fraction of sp³-hybridized carbons (Fsp3) is 0.222. The minimum Gasteiger partial charge on any atom is -0.484 e. The molecule has 8 nitrogen and oxygen atoms in total. The first-order valence-corrected chi connectivity index (χ1v) is 10.8. The number of thiophene rings is 1. The molecule has 4 rings (SSSR count). The van der Waals surface area contributed by atoms with Crippen LogP contribution in [0, 0.1) is 0 Å². The van der Waals surface area contributed by atoms with Crippen LogP contribution in [0.5, 0.6) is 5.75 Å². The van der Waals surface area contributed by atoms with Crippen LogP contribution in [0.4, 0.5) is 11.6 Å². The summed E-state index contributed by atoms with van der Waals surface area (Å²) in [5, 5.41) is 8.23. The zero-order chi connectivity index (χ0) is 19.9. The maximum Gasteiger partial charge on any atom is 0.238 e. The zero-order valence-corrected chi connectivity index (χ0v) is 17.0. The highest BCUT2D eigenvalue weighted by Gasteiger charge is 2.23. The van der Waals surface area contributed by atoms with Crippen molar-refractivity contribution in [2.75, 3.05) is 19.4 Å². The summed E-state index contributed by atoms with van der Waals surface area (Å²) in [5.41, 5.74) is 2.30. The van der Waals surface area contributed by atoms with E-state index in [1.807, 2.05) is 14.1 Å². The molecule has 0 saturated heterocycles. The second-order valence-corrected chi connectivity index (χ2v) is 9.46. The van der Waals surface area contributed by atoms with Crippen LogP contribution in [0.2, 0.25) is 0 Å². The lowest BCUT2D eigenvalue weighted by Crippen LogP contribution is -2.12. The Hall–Kier alpha value is -2.53. The Kier molecular flexibility index (Phi) is 4.79. The largest absolute Gasteiger partial charge is 0.484 e. The van der Waals surface area contributed by atoms with Gasteiger partial charge in [-0.3, -0.25) is 0 Å². The summed E-state index contributed by atoms with van der Waals surface area (Å²) in [6, 6.07) is 8.35. The van der Waals surface area contributed by atoms with E-state index in [2.05, 4.69) is 26.3 Å². The SMILES string of the molecule is CN(C)Cc1cc2c(s1)COc1cnc(Nc3cccc(S(N)(=O)=O)c3)nc1-2. The van der Waals surface area contributed by atoms with E-state index in [0.29, 0.717) is 24.0 Å². The number of hydrogen-bond donors (Lipinski definition) is 2. The fourth-order valence-electron chi connectivity index (χ4n) is 2.93. The Morgan fingerprint density at radius 1 is 1.32 bits per heavy atom. The third-order valence-electron chi connectivity index (χ3n) is 4.12. The lowest BCUT2D eigenvalue weighted by Gasteiger charge is -2.17. The number of aromatic nitrogens is 2. The fourth-order valence-corrected chi connectivity index (χ4v) is 4.69. The van der Waals surface area contributed by atoms with Crippen LogP contribution < -0.4 is 15.2 Å². The van der Waals surface area contributed by atoms with E-state index in [1.165, 1.54) is 17.0 Å². The van der Waals surface area contributed by atoms with Gasteiger partial charge in [-0.2, -0.15) is 0 Å². The van der Waals surface area contributed by atoms with Crippen molar-refractivity contribution in [1.82, 2.24) is 14.9 Å². The number of nitrogens with two attached hydrogens (primary N) is 1. The van der Waals surface area contributed by atoms with E-state index in [-0.39, 0.29) is 4.90 Å². The molecule has 0 fully saturated rings. The van der Waals surface area contributed by atoms with Gasteiger partial charge in [0.25, 0.3) is 0 Å². The first kappa shape index (κ1) is 18.8. The Bertz CT molecular complexity index is 1140. The highest BCUT2D eigenvalue weighted by molar-refractivity contribution is 7.89. The molecule has 0 amide bonds. The Morgan fingerprint density at radius 2 is 2.14 bits per heavy atom. The molecule has 28 heavy (non-hydrogen) atoms. The van der Waals surface area contributed by atoms with Gasteiger partial charge in [-0.1, -0.05) is 6.07 Å². The molecule has 1 aliphatic rings. The van der Waals surface area contributed by atoms with E-state index in [9.17, 15) is 8.42 Å². The molecule has 10 heteroatoms. The highest BCUT2D eigenvalue weighted by Crippen LogP contribution is 2.40. The van der Waals surface area contributed by atoms with E-state index in [1.54, 1.807) is 29.7 Å². The van der Waals surface area contributed by atoms with Gasteiger partial charge in [0.15, 0.2) is 5.75 Å². The van der Waals surface area contributed by atoms with Crippen molar-refractivity contribution in [3.8, 4) is 17.0 Å². The number of primary sulfonamides is 1. The number of hydrogen-bond acceptors (Lipinski definition) is 8. The molecule has 1 aliphatic heterocycles. The van der Waals surface area contributed by atoms with Crippen LogP contribution in [0.3, 0.4) is 0 Å². The van der Waals surface area contributed by atoms with Crippen LogP contribution in [0.25, 0.3) is 11.3 Å². The van der Waals surface area contributed by atoms with Crippen molar-refractivity contribution < 1.29 is 13.2 Å². The number of sulfonamides is 1. The third kappa shape index (κ3) is 3.85. The van der Waals surface area contributed by atoms with Crippen molar-refractivity contribution in [3.63, 3.8) is 0 Å². The van der Waals surface area contributed by atoms with Gasteiger partial charge >= 0.3 is 0 Å². The number of nitrogens with one attached hydrogen (secondary N) is 1. The topological polar surface area (TPSA) is 110 Å². The highest BCUT2D eigenvalue weighted by atomic mass is 32.2. The van der Waals surface area contributed by atoms with Gasteiger partial charge in [0, 0.05) is 22.7 Å². The summed E-state index contributed by atoms with van der Waals surface area (Å²) < 4.78 is 28.9. The van der Waals surface area contributed by atoms with Crippen molar-refractivity contribution in [2.24, 2.45) is 5.14 Å². The minimum atomic E-state index is -3.78. The van der Waals surface area contributed by atoms with Crippen LogP contribution >= 0.6 is 11.3 Å². The number of nitrogens with zero attached hydrogens (tertiary/aromatic N) is 3. The van der Waals surface area contributed by atoms with Crippen LogP contribution in [-0.4, -0.2) is 37.4 Å². The third-order valence-corrected chi connectivity index (χ3v) is 6.12. The first-order valence-electron chi connectivity index (χ1n) is 8.46. The molecule has 0 aliphatic carbocycles. The lowest BCUT2D eigenvalue weighted by molar-refractivity contribution is 0.303. The summed E-state index contributed by atoms with van der Waals surface area (Å²) >= 11 is 1.71. The molecule has 2 aromatic heterocycles. The molecule has 3 N–H and O–H groups in total. The van der Waals surface area contributed by atoms with Gasteiger partial charge < -0.3 is 15.0 Å². The summed E-state index contributed by atoms with van der Waals surface area (Å²) in [7, 11) is 0.279. The predicted octanol–water partition coefficient (Wildman–Crippen LogP) is 2.55. The van der Waals surface area contributed by atoms with Crippen molar-refractivity contribution in [1.29, 1.82) is 0 Å². The van der Waals surface area contributed by atoms with Gasteiger partial charge in [0.1, 0.15) is 12.3 Å². The number of fused-ring (bicyclic) bond motifs is 3. The Morgan fingerprint density at radius 3 is 2.89 bits per heavy atom. The molecule has 0 saturated carbocycles. The summed E-state index contributed by atoms with van der Waals surface area (Å²) in [6.07, 6.45) is 1.63. The molecule has 0 atom stereocenters. The molecule has 3 heterocycles. The van der Waals surface area contributed by atoms with Gasteiger partial charge in [-0.25, -0.2) is 23.5 Å². The maximum absolute atomic E-state index is 11.5. The summed E-state index contributed by atoms with van der Waals surface area (Å²) in [6.45, 7) is 1.36. The van der Waals surface area contributed by atoms with E-state index >= 15 is 0 Å². The molecular weight excluding hydrogens is 398 g/mol. The maximum atomic E-state index is 11.5. The van der Waals surface area contributed by atoms with Crippen LogP contribution in [0.15, 0.2) is 41.4 Å². The van der Waals surface area contributed by atoms with Gasteiger partial charge in [-0.15, -0.1) is 11.3 Å². The van der Waals surface area contributed by atoms with Crippen molar-refractivity contribution in [2.45, 2.75) is 18.0 Å². The molecule has 0 unspecified atom stereocenters. The standard InChI is InChI=1S/C18H19N5O3S2/c1-23(2)9-12-7-14-16(27-12)10-26-15-8-20-18(22-17(14)15)21-11-4-3-5-13(6-11)28(19,24)25/h3-8H,9-10H2,1-2H3,(H2,19,24,25)(H,20,21,22).